The maximum absolute atomic E-state index is 12.7. The summed E-state index contributed by atoms with van der Waals surface area (Å²) in [4.78, 5) is 12.7. The Hall–Kier alpha value is -2.63. The highest BCUT2D eigenvalue weighted by Gasteiger charge is 2.44. The Morgan fingerprint density at radius 2 is 1.09 bits per heavy atom. The molecule has 1 rings (SSSR count). The minimum Gasteiger partial charge on any atom is -0.457 e. The fraction of sp³-hybridized carbons (Fsp3) is 0.674. The number of carbonyl (C=O) groups excluding carboxylic acids is 1. The molecule has 1 heterocycles. The summed E-state index contributed by atoms with van der Waals surface area (Å²) < 4.78 is 22.6. The highest BCUT2D eigenvalue weighted by molar-refractivity contribution is 5.69. The molecular formula is C46H76O9. The second-order valence-electron chi connectivity index (χ2n) is 14.1. The van der Waals surface area contributed by atoms with Crippen LogP contribution >= 0.6 is 0 Å². The van der Waals surface area contributed by atoms with Gasteiger partial charge in [-0.25, -0.2) is 0 Å². The van der Waals surface area contributed by atoms with Gasteiger partial charge in [0.25, 0.3) is 0 Å². The summed E-state index contributed by atoms with van der Waals surface area (Å²) in [6.07, 6.45) is 41.9. The Labute approximate surface area is 333 Å². The van der Waals surface area contributed by atoms with E-state index in [1.54, 1.807) is 0 Å². The predicted molar refractivity (Wildman–Crippen MR) is 223 cm³/mol. The molecule has 0 aliphatic carbocycles. The molecule has 0 aromatic heterocycles. The molecule has 9 nitrogen and oxygen atoms in total. The van der Waals surface area contributed by atoms with Crippen LogP contribution in [-0.2, 0) is 23.7 Å². The van der Waals surface area contributed by atoms with Crippen LogP contribution in [0.1, 0.15) is 136 Å². The highest BCUT2D eigenvalue weighted by Crippen LogP contribution is 2.22. The first-order valence-electron chi connectivity index (χ1n) is 21.2. The highest BCUT2D eigenvalue weighted by atomic mass is 16.7. The zero-order valence-corrected chi connectivity index (χ0v) is 34.1. The van der Waals surface area contributed by atoms with E-state index in [0.717, 1.165) is 64.2 Å². The van der Waals surface area contributed by atoms with Crippen molar-refractivity contribution in [2.75, 3.05) is 26.4 Å². The van der Waals surface area contributed by atoms with Crippen molar-refractivity contribution in [1.82, 2.24) is 0 Å². The van der Waals surface area contributed by atoms with Crippen LogP contribution in [-0.4, -0.2) is 89.6 Å². The van der Waals surface area contributed by atoms with Crippen LogP contribution in [0.25, 0.3) is 0 Å². The zero-order valence-electron chi connectivity index (χ0n) is 34.1. The Morgan fingerprint density at radius 3 is 1.60 bits per heavy atom. The van der Waals surface area contributed by atoms with Crippen molar-refractivity contribution < 1.29 is 44.2 Å². The number of hydrogen-bond donors (Lipinski definition) is 4. The number of unbranched alkanes of at least 4 members (excludes halogenated alkanes) is 9. The molecule has 4 N–H and O–H groups in total. The molecule has 6 atom stereocenters. The summed E-state index contributed by atoms with van der Waals surface area (Å²) in [5, 5.41) is 40.0. The molecular weight excluding hydrogens is 696 g/mol. The Morgan fingerprint density at radius 1 is 0.600 bits per heavy atom. The molecule has 1 aliphatic rings. The van der Waals surface area contributed by atoms with Crippen LogP contribution in [0, 0.1) is 0 Å². The lowest BCUT2D eigenvalue weighted by Gasteiger charge is -2.39. The van der Waals surface area contributed by atoms with Crippen molar-refractivity contribution in [2.24, 2.45) is 0 Å². The second kappa shape index (κ2) is 37.0. The molecule has 0 bridgehead atoms. The molecule has 1 fully saturated rings. The number of rotatable bonds is 34. The van der Waals surface area contributed by atoms with Crippen LogP contribution in [0.15, 0.2) is 85.1 Å². The fourth-order valence-corrected chi connectivity index (χ4v) is 5.77. The van der Waals surface area contributed by atoms with Crippen LogP contribution in [0.2, 0.25) is 0 Å². The van der Waals surface area contributed by atoms with Crippen LogP contribution in [0.3, 0.4) is 0 Å². The topological polar surface area (TPSA) is 135 Å². The lowest BCUT2D eigenvalue weighted by atomic mass is 9.99. The molecule has 6 unspecified atom stereocenters. The first-order valence-corrected chi connectivity index (χ1v) is 21.2. The molecule has 9 heteroatoms. The quantitative estimate of drug-likeness (QED) is 0.0287. The van der Waals surface area contributed by atoms with E-state index in [9.17, 15) is 25.2 Å². The third-order valence-corrected chi connectivity index (χ3v) is 9.08. The maximum Gasteiger partial charge on any atom is 0.306 e. The van der Waals surface area contributed by atoms with Crippen molar-refractivity contribution >= 4 is 5.97 Å². The molecule has 0 saturated carbocycles. The normalized spacial score (nSPS) is 21.6. The summed E-state index contributed by atoms with van der Waals surface area (Å²) in [6, 6.07) is 0. The number of carbonyl (C=O) groups is 1. The number of allylic oxidation sites excluding steroid dienone is 14. The van der Waals surface area contributed by atoms with Crippen molar-refractivity contribution in [3.05, 3.63) is 85.1 Å². The van der Waals surface area contributed by atoms with Gasteiger partial charge in [-0.2, -0.15) is 0 Å². The average molecular weight is 773 g/mol. The first-order chi connectivity index (χ1) is 26.9. The minimum absolute atomic E-state index is 0.117. The Kier molecular flexibility index (Phi) is 33.9. The molecule has 0 aromatic carbocycles. The van der Waals surface area contributed by atoms with E-state index >= 15 is 0 Å². The van der Waals surface area contributed by atoms with Gasteiger partial charge in [-0.15, -0.1) is 0 Å². The molecule has 0 aromatic rings. The van der Waals surface area contributed by atoms with Crippen molar-refractivity contribution in [2.45, 2.75) is 173 Å². The molecule has 1 saturated heterocycles. The van der Waals surface area contributed by atoms with Crippen molar-refractivity contribution in [1.29, 1.82) is 0 Å². The SMILES string of the molecule is CC/C=C\C/C=C\C/C=C\C/C=C\C/C=C\C/C=C\C/C=C\CCCC(=O)OC(COCCCCCCCCCCC)COC1OC(CO)C(O)C(O)C1O. The third kappa shape index (κ3) is 28.4. The van der Waals surface area contributed by atoms with Gasteiger partial charge in [0.05, 0.1) is 19.8 Å². The monoisotopic (exact) mass is 773 g/mol. The number of aliphatic hydroxyl groups excluding tert-OH is 4. The summed E-state index contributed by atoms with van der Waals surface area (Å²) in [5.41, 5.74) is 0. The van der Waals surface area contributed by atoms with Gasteiger partial charge < -0.3 is 39.4 Å². The summed E-state index contributed by atoms with van der Waals surface area (Å²) in [7, 11) is 0. The van der Waals surface area contributed by atoms with E-state index in [1.807, 2.05) is 0 Å². The number of hydrogen-bond acceptors (Lipinski definition) is 9. The van der Waals surface area contributed by atoms with Crippen molar-refractivity contribution in [3.63, 3.8) is 0 Å². The zero-order chi connectivity index (χ0) is 40.0. The van der Waals surface area contributed by atoms with Gasteiger partial charge in [0.15, 0.2) is 6.29 Å². The smallest absolute Gasteiger partial charge is 0.306 e. The van der Waals surface area contributed by atoms with Gasteiger partial charge in [0.1, 0.15) is 30.5 Å². The Bertz CT molecular complexity index is 1110. The van der Waals surface area contributed by atoms with Gasteiger partial charge >= 0.3 is 5.97 Å². The van der Waals surface area contributed by atoms with E-state index in [1.165, 1.54) is 44.9 Å². The third-order valence-electron chi connectivity index (χ3n) is 9.08. The lowest BCUT2D eigenvalue weighted by Crippen LogP contribution is -2.59. The molecule has 1 aliphatic heterocycles. The van der Waals surface area contributed by atoms with Gasteiger partial charge in [-0.05, 0) is 64.2 Å². The number of ether oxygens (including phenoxy) is 4. The van der Waals surface area contributed by atoms with Crippen molar-refractivity contribution in [3.8, 4) is 0 Å². The molecule has 55 heavy (non-hydrogen) atoms. The molecule has 0 radical (unpaired) electrons. The van der Waals surface area contributed by atoms with Gasteiger partial charge in [0.2, 0.25) is 0 Å². The van der Waals surface area contributed by atoms with E-state index in [-0.39, 0.29) is 25.6 Å². The van der Waals surface area contributed by atoms with Gasteiger partial charge in [0, 0.05) is 13.0 Å². The summed E-state index contributed by atoms with van der Waals surface area (Å²) in [6.45, 7) is 4.33. The maximum atomic E-state index is 12.7. The first kappa shape index (κ1) is 50.4. The van der Waals surface area contributed by atoms with E-state index < -0.39 is 43.4 Å². The van der Waals surface area contributed by atoms with Crippen LogP contribution < -0.4 is 0 Å². The molecule has 314 valence electrons. The largest absolute Gasteiger partial charge is 0.457 e. The summed E-state index contributed by atoms with van der Waals surface area (Å²) >= 11 is 0. The molecule has 0 amide bonds. The number of aliphatic hydroxyl groups is 4. The minimum atomic E-state index is -1.55. The van der Waals surface area contributed by atoms with Gasteiger partial charge in [-0.3, -0.25) is 4.79 Å². The standard InChI is InChI=1S/C46H76O9/c1-3-5-7-9-11-13-14-15-16-17-18-19-20-21-22-23-24-25-26-27-29-31-33-35-42(48)54-40(38-52-36-34-32-30-28-12-10-8-6-4-2)39-53-46-45(51)44(50)43(49)41(37-47)55-46/h5,7,11,13,15-16,18-19,21-22,24-25,27,29,40-41,43-47,49-51H,3-4,6,8-10,12,14,17,20,23,26,28,30-39H2,1-2H3/b7-5-,13-11-,16-15-,19-18-,22-21-,25-24-,29-27-. The van der Waals surface area contributed by atoms with E-state index in [0.29, 0.717) is 13.0 Å². The fourth-order valence-electron chi connectivity index (χ4n) is 5.77. The Balaban J connectivity index is 2.32. The average Bonchev–Trinajstić information content (AvgIpc) is 3.18. The van der Waals surface area contributed by atoms with Crippen LogP contribution in [0.4, 0.5) is 0 Å². The van der Waals surface area contributed by atoms with E-state index in [2.05, 4.69) is 98.9 Å². The van der Waals surface area contributed by atoms with E-state index in [4.69, 9.17) is 18.9 Å². The summed E-state index contributed by atoms with van der Waals surface area (Å²) in [5.74, 6) is -0.376. The number of esters is 1. The predicted octanol–water partition coefficient (Wildman–Crippen LogP) is 9.08. The molecule has 0 spiro atoms. The lowest BCUT2D eigenvalue weighted by molar-refractivity contribution is -0.305. The second-order valence-corrected chi connectivity index (χ2v) is 14.1. The van der Waals surface area contributed by atoms with Crippen LogP contribution in [0.5, 0.6) is 0 Å². The van der Waals surface area contributed by atoms with Gasteiger partial charge in [-0.1, -0.05) is 150 Å².